The Balaban J connectivity index is 1.75. The fourth-order valence-electron chi connectivity index (χ4n) is 2.09. The van der Waals surface area contributed by atoms with E-state index in [0.717, 1.165) is 11.8 Å². The van der Waals surface area contributed by atoms with Gasteiger partial charge in [0.1, 0.15) is 17.4 Å². The lowest BCUT2D eigenvalue weighted by Gasteiger charge is -2.02. The number of carbonyl (C=O) groups is 1. The highest BCUT2D eigenvalue weighted by molar-refractivity contribution is 7.99. The number of furan rings is 1. The van der Waals surface area contributed by atoms with Crippen molar-refractivity contribution >= 4 is 29.4 Å². The number of carbonyl (C=O) groups excluding carboxylic acids is 1. The van der Waals surface area contributed by atoms with E-state index >= 15 is 0 Å². The van der Waals surface area contributed by atoms with Crippen LogP contribution in [-0.4, -0.2) is 20.9 Å². The Morgan fingerprint density at radius 2 is 2.26 bits per heavy atom. The van der Waals surface area contributed by atoms with Gasteiger partial charge in [-0.1, -0.05) is 0 Å². The van der Waals surface area contributed by atoms with Gasteiger partial charge in [0.15, 0.2) is 10.2 Å². The van der Waals surface area contributed by atoms with Gasteiger partial charge in [-0.25, -0.2) is 4.98 Å². The standard InChI is InChI=1S/C18H13N5O3S/c1-11-7-15(24)23-18(21-11)27-16-5-4-14(26-16)8-12(9-19)17(25)22-13-3-2-6-20-10-13/h2-8,10H,1H3,(H,22,25)(H,21,23,24)/b12-8+. The van der Waals surface area contributed by atoms with Crippen LogP contribution in [0.15, 0.2) is 67.8 Å². The molecule has 0 aliphatic heterocycles. The number of nitrogens with one attached hydrogen (secondary N) is 2. The van der Waals surface area contributed by atoms with Crippen molar-refractivity contribution in [3.63, 3.8) is 0 Å². The van der Waals surface area contributed by atoms with Crippen LogP contribution in [-0.2, 0) is 4.79 Å². The molecular formula is C18H13N5O3S. The molecule has 1 amide bonds. The maximum Gasteiger partial charge on any atom is 0.266 e. The predicted molar refractivity (Wildman–Crippen MR) is 98.9 cm³/mol. The normalized spacial score (nSPS) is 11.0. The highest BCUT2D eigenvalue weighted by Crippen LogP contribution is 2.27. The zero-order valence-corrected chi connectivity index (χ0v) is 14.9. The van der Waals surface area contributed by atoms with Gasteiger partial charge < -0.3 is 14.7 Å². The van der Waals surface area contributed by atoms with E-state index in [1.807, 2.05) is 6.07 Å². The van der Waals surface area contributed by atoms with Crippen LogP contribution in [0.3, 0.4) is 0 Å². The molecule has 0 saturated carbocycles. The van der Waals surface area contributed by atoms with Crippen LogP contribution >= 0.6 is 11.8 Å². The van der Waals surface area contributed by atoms with Crippen LogP contribution in [0, 0.1) is 18.3 Å². The lowest BCUT2D eigenvalue weighted by molar-refractivity contribution is -0.112. The first kappa shape index (κ1) is 18.2. The number of aryl methyl sites for hydroxylation is 1. The molecule has 134 valence electrons. The Morgan fingerprint density at radius 3 is 2.96 bits per heavy atom. The Morgan fingerprint density at radius 1 is 1.41 bits per heavy atom. The molecule has 0 spiro atoms. The molecule has 9 heteroatoms. The van der Waals surface area contributed by atoms with Crippen molar-refractivity contribution < 1.29 is 9.21 Å². The van der Waals surface area contributed by atoms with Crippen molar-refractivity contribution in [3.8, 4) is 6.07 Å². The number of hydrogen-bond donors (Lipinski definition) is 2. The molecule has 0 saturated heterocycles. The van der Waals surface area contributed by atoms with Gasteiger partial charge in [-0.3, -0.25) is 14.6 Å². The summed E-state index contributed by atoms with van der Waals surface area (Å²) in [6.45, 7) is 1.72. The molecule has 27 heavy (non-hydrogen) atoms. The molecule has 0 aromatic carbocycles. The first-order chi connectivity index (χ1) is 13.0. The average Bonchev–Trinajstić information content (AvgIpc) is 3.06. The molecule has 3 heterocycles. The number of H-pyrrole nitrogens is 1. The lowest BCUT2D eigenvalue weighted by Crippen LogP contribution is -2.13. The number of aromatic amines is 1. The second-order valence-corrected chi connectivity index (χ2v) is 6.31. The van der Waals surface area contributed by atoms with E-state index in [1.54, 1.807) is 37.4 Å². The van der Waals surface area contributed by atoms with Crippen molar-refractivity contribution in [1.82, 2.24) is 15.0 Å². The van der Waals surface area contributed by atoms with Gasteiger partial charge in [-0.15, -0.1) is 0 Å². The number of aromatic nitrogens is 3. The maximum atomic E-state index is 12.2. The number of amides is 1. The first-order valence-corrected chi connectivity index (χ1v) is 8.54. The van der Waals surface area contributed by atoms with Crippen molar-refractivity contribution in [3.05, 3.63) is 70.1 Å². The van der Waals surface area contributed by atoms with Gasteiger partial charge >= 0.3 is 0 Å². The summed E-state index contributed by atoms with van der Waals surface area (Å²) >= 11 is 1.13. The molecule has 2 N–H and O–H groups in total. The minimum Gasteiger partial charge on any atom is -0.450 e. The van der Waals surface area contributed by atoms with Crippen LogP contribution in [0.1, 0.15) is 11.5 Å². The summed E-state index contributed by atoms with van der Waals surface area (Å²) in [6, 6.07) is 9.85. The molecule has 3 aromatic rings. The Labute approximate surface area is 158 Å². The minimum atomic E-state index is -0.569. The summed E-state index contributed by atoms with van der Waals surface area (Å²) in [7, 11) is 0. The summed E-state index contributed by atoms with van der Waals surface area (Å²) in [5, 5.41) is 12.7. The summed E-state index contributed by atoms with van der Waals surface area (Å²) < 4.78 is 5.58. The number of nitrogens with zero attached hydrogens (tertiary/aromatic N) is 3. The third-order valence-electron chi connectivity index (χ3n) is 3.22. The third kappa shape index (κ3) is 4.93. The van der Waals surface area contributed by atoms with E-state index in [0.29, 0.717) is 27.4 Å². The van der Waals surface area contributed by atoms with Gasteiger partial charge in [-0.2, -0.15) is 5.26 Å². The van der Waals surface area contributed by atoms with Gasteiger partial charge in [0.25, 0.3) is 11.5 Å². The second-order valence-electron chi connectivity index (χ2n) is 5.32. The lowest BCUT2D eigenvalue weighted by atomic mass is 10.2. The Bertz CT molecular complexity index is 1100. The van der Waals surface area contributed by atoms with E-state index in [9.17, 15) is 14.9 Å². The van der Waals surface area contributed by atoms with Gasteiger partial charge in [0.05, 0.1) is 11.9 Å². The topological polar surface area (TPSA) is 125 Å². The molecule has 0 unspecified atom stereocenters. The third-order valence-corrected chi connectivity index (χ3v) is 4.03. The summed E-state index contributed by atoms with van der Waals surface area (Å²) in [6.07, 6.45) is 4.39. The fourth-order valence-corrected chi connectivity index (χ4v) is 2.89. The molecule has 0 radical (unpaired) electrons. The predicted octanol–water partition coefficient (Wildman–Crippen LogP) is 2.76. The summed E-state index contributed by atoms with van der Waals surface area (Å²) in [4.78, 5) is 34.4. The molecule has 0 aliphatic carbocycles. The van der Waals surface area contributed by atoms with Crippen molar-refractivity contribution in [1.29, 1.82) is 5.26 Å². The molecular weight excluding hydrogens is 366 g/mol. The summed E-state index contributed by atoms with van der Waals surface area (Å²) in [5.74, 6) is -0.244. The number of pyridine rings is 1. The van der Waals surface area contributed by atoms with E-state index < -0.39 is 5.91 Å². The van der Waals surface area contributed by atoms with Crippen LogP contribution in [0.2, 0.25) is 0 Å². The zero-order valence-electron chi connectivity index (χ0n) is 14.1. The molecule has 0 aliphatic rings. The number of rotatable bonds is 5. The maximum absolute atomic E-state index is 12.2. The Hall–Kier alpha value is -3.64. The van der Waals surface area contributed by atoms with Crippen LogP contribution in [0.5, 0.6) is 0 Å². The second kappa shape index (κ2) is 8.16. The van der Waals surface area contributed by atoms with Gasteiger partial charge in [-0.05, 0) is 43.0 Å². The summed E-state index contributed by atoms with van der Waals surface area (Å²) in [5.41, 5.74) is 0.697. The van der Waals surface area contributed by atoms with Crippen LogP contribution in [0.4, 0.5) is 5.69 Å². The molecule has 0 atom stereocenters. The van der Waals surface area contributed by atoms with Crippen molar-refractivity contribution in [2.75, 3.05) is 5.32 Å². The van der Waals surface area contributed by atoms with E-state index in [2.05, 4.69) is 20.3 Å². The molecule has 0 fully saturated rings. The molecule has 3 rings (SSSR count). The van der Waals surface area contributed by atoms with E-state index in [1.165, 1.54) is 18.3 Å². The van der Waals surface area contributed by atoms with Crippen molar-refractivity contribution in [2.45, 2.75) is 17.2 Å². The number of anilines is 1. The van der Waals surface area contributed by atoms with Crippen LogP contribution in [0.25, 0.3) is 6.08 Å². The van der Waals surface area contributed by atoms with E-state index in [4.69, 9.17) is 4.42 Å². The van der Waals surface area contributed by atoms with Gasteiger partial charge in [0.2, 0.25) is 0 Å². The Kier molecular flexibility index (Phi) is 5.49. The monoisotopic (exact) mass is 379 g/mol. The minimum absolute atomic E-state index is 0.119. The zero-order chi connectivity index (χ0) is 19.2. The molecule has 8 nitrogen and oxygen atoms in total. The largest absolute Gasteiger partial charge is 0.450 e. The highest BCUT2D eigenvalue weighted by Gasteiger charge is 2.12. The average molecular weight is 379 g/mol. The first-order valence-electron chi connectivity index (χ1n) is 7.72. The van der Waals surface area contributed by atoms with Gasteiger partial charge in [0, 0.05) is 24.0 Å². The quantitative estimate of drug-likeness (QED) is 0.397. The van der Waals surface area contributed by atoms with Crippen LogP contribution < -0.4 is 10.9 Å². The smallest absolute Gasteiger partial charge is 0.266 e. The fraction of sp³-hybridized carbons (Fsp3) is 0.0556. The number of hydrogen-bond acceptors (Lipinski definition) is 7. The molecule has 3 aromatic heterocycles. The SMILES string of the molecule is Cc1cc(=O)[nH]c(Sc2ccc(/C=C(\C#N)C(=O)Nc3cccnc3)o2)n1. The number of nitriles is 1. The highest BCUT2D eigenvalue weighted by atomic mass is 32.2. The molecule has 0 bridgehead atoms. The van der Waals surface area contributed by atoms with Crippen molar-refractivity contribution in [2.24, 2.45) is 0 Å². The van der Waals surface area contributed by atoms with E-state index in [-0.39, 0.29) is 11.1 Å².